The van der Waals surface area contributed by atoms with Crippen LogP contribution in [0.2, 0.25) is 0 Å². The summed E-state index contributed by atoms with van der Waals surface area (Å²) >= 11 is 0. The van der Waals surface area contributed by atoms with Gasteiger partial charge in [-0.2, -0.15) is 0 Å². The predicted molar refractivity (Wildman–Crippen MR) is 94.9 cm³/mol. The molecule has 5 heteroatoms. The third-order valence-corrected chi connectivity index (χ3v) is 4.49. The van der Waals surface area contributed by atoms with Crippen molar-refractivity contribution in [2.75, 3.05) is 19.8 Å². The number of unbranched alkanes of at least 4 members (excludes halogenated alkanes) is 7. The number of allylic oxidation sites excluding steroid dienone is 1. The molecule has 0 unspecified atom stereocenters. The van der Waals surface area contributed by atoms with Gasteiger partial charge in [-0.3, -0.25) is 0 Å². The van der Waals surface area contributed by atoms with Crippen LogP contribution in [0.15, 0.2) is 12.2 Å². The molecule has 1 heterocycles. The van der Waals surface area contributed by atoms with E-state index in [1.807, 2.05) is 0 Å². The van der Waals surface area contributed by atoms with E-state index in [2.05, 4.69) is 19.1 Å². The Balaban J connectivity index is 1.96. The van der Waals surface area contributed by atoms with E-state index in [4.69, 9.17) is 14.6 Å². The van der Waals surface area contributed by atoms with Crippen LogP contribution in [0.1, 0.15) is 64.7 Å². The van der Waals surface area contributed by atoms with Gasteiger partial charge in [0.1, 0.15) is 24.4 Å². The molecule has 0 spiro atoms. The Labute approximate surface area is 146 Å². The lowest BCUT2D eigenvalue weighted by Gasteiger charge is -2.20. The third-order valence-electron chi connectivity index (χ3n) is 4.49. The quantitative estimate of drug-likeness (QED) is 0.333. The van der Waals surface area contributed by atoms with Gasteiger partial charge in [0.25, 0.3) is 0 Å². The van der Waals surface area contributed by atoms with Crippen LogP contribution in [-0.4, -0.2) is 59.6 Å². The number of aliphatic hydroxyl groups excluding tert-OH is 3. The van der Waals surface area contributed by atoms with E-state index in [1.165, 1.54) is 44.9 Å². The molecule has 142 valence electrons. The van der Waals surface area contributed by atoms with Crippen molar-refractivity contribution in [3.05, 3.63) is 12.2 Å². The molecule has 1 saturated heterocycles. The Morgan fingerprint density at radius 2 is 1.75 bits per heavy atom. The van der Waals surface area contributed by atoms with Gasteiger partial charge in [-0.1, -0.05) is 57.6 Å². The summed E-state index contributed by atoms with van der Waals surface area (Å²) in [6.45, 7) is 2.60. The lowest BCUT2D eigenvalue weighted by atomic mass is 10.1. The molecule has 1 aliphatic heterocycles. The fourth-order valence-corrected chi connectivity index (χ4v) is 2.95. The fourth-order valence-electron chi connectivity index (χ4n) is 2.95. The van der Waals surface area contributed by atoms with Gasteiger partial charge in [0.15, 0.2) is 0 Å². The van der Waals surface area contributed by atoms with E-state index in [0.717, 1.165) is 12.8 Å². The molecule has 0 saturated carbocycles. The van der Waals surface area contributed by atoms with Gasteiger partial charge in [0.2, 0.25) is 0 Å². The highest BCUT2D eigenvalue weighted by atomic mass is 16.6. The third kappa shape index (κ3) is 8.58. The average Bonchev–Trinajstić information content (AvgIpc) is 2.96. The van der Waals surface area contributed by atoms with Gasteiger partial charge < -0.3 is 24.8 Å². The highest BCUT2D eigenvalue weighted by Crippen LogP contribution is 2.20. The van der Waals surface area contributed by atoms with Crippen LogP contribution >= 0.6 is 0 Å². The number of hydrogen-bond acceptors (Lipinski definition) is 5. The first kappa shape index (κ1) is 21.6. The van der Waals surface area contributed by atoms with E-state index in [0.29, 0.717) is 6.61 Å². The highest BCUT2D eigenvalue weighted by Gasteiger charge is 2.40. The summed E-state index contributed by atoms with van der Waals surface area (Å²) in [6, 6.07) is 0. The standard InChI is InChI=1S/C19H36O5/c1-2-3-4-5-6-7-8-9-10-11-12-13-23-17-15-24-19(18(17)22)16(21)14-20/h10-11,16-22H,2-9,12-15H2,1H3/b11-10+/t16-,17+,18+,19+/m0/s1. The average molecular weight is 344 g/mol. The molecule has 0 aromatic rings. The molecule has 0 aromatic carbocycles. The van der Waals surface area contributed by atoms with Crippen LogP contribution < -0.4 is 0 Å². The number of aliphatic hydroxyl groups is 3. The van der Waals surface area contributed by atoms with Crippen molar-refractivity contribution >= 4 is 0 Å². The molecule has 5 nitrogen and oxygen atoms in total. The maximum absolute atomic E-state index is 9.99. The van der Waals surface area contributed by atoms with Gasteiger partial charge in [-0.15, -0.1) is 0 Å². The van der Waals surface area contributed by atoms with Crippen molar-refractivity contribution in [1.82, 2.24) is 0 Å². The summed E-state index contributed by atoms with van der Waals surface area (Å²) < 4.78 is 10.9. The monoisotopic (exact) mass is 344 g/mol. The summed E-state index contributed by atoms with van der Waals surface area (Å²) in [6.07, 6.45) is 12.4. The zero-order valence-electron chi connectivity index (χ0n) is 15.1. The molecule has 0 radical (unpaired) electrons. The minimum Gasteiger partial charge on any atom is -0.394 e. The smallest absolute Gasteiger partial charge is 0.114 e. The zero-order chi connectivity index (χ0) is 17.6. The van der Waals surface area contributed by atoms with Crippen molar-refractivity contribution in [3.8, 4) is 0 Å². The Kier molecular flexibility index (Phi) is 12.4. The normalized spacial score (nSPS) is 25.6. The first-order valence-electron chi connectivity index (χ1n) is 9.55. The highest BCUT2D eigenvalue weighted by molar-refractivity contribution is 4.89. The summed E-state index contributed by atoms with van der Waals surface area (Å²) in [7, 11) is 0. The van der Waals surface area contributed by atoms with Gasteiger partial charge >= 0.3 is 0 Å². The van der Waals surface area contributed by atoms with Crippen molar-refractivity contribution in [1.29, 1.82) is 0 Å². The Morgan fingerprint density at radius 3 is 2.46 bits per heavy atom. The number of rotatable bonds is 14. The van der Waals surface area contributed by atoms with E-state index in [-0.39, 0.29) is 6.61 Å². The maximum Gasteiger partial charge on any atom is 0.114 e. The molecule has 0 aromatic heterocycles. The van der Waals surface area contributed by atoms with Gasteiger partial charge in [0, 0.05) is 0 Å². The first-order chi connectivity index (χ1) is 11.7. The van der Waals surface area contributed by atoms with Crippen LogP contribution in [0.4, 0.5) is 0 Å². The van der Waals surface area contributed by atoms with Gasteiger partial charge in [0.05, 0.1) is 19.8 Å². The SMILES string of the molecule is CCCCCCCCC/C=C/CCO[C@@H]1CO[C@H]([C@@H](O)CO)[C@@H]1O. The molecule has 0 aliphatic carbocycles. The molecular weight excluding hydrogens is 308 g/mol. The van der Waals surface area contributed by atoms with Gasteiger partial charge in [-0.05, 0) is 19.3 Å². The molecule has 1 rings (SSSR count). The second-order valence-corrected chi connectivity index (χ2v) is 6.62. The van der Waals surface area contributed by atoms with Crippen LogP contribution in [-0.2, 0) is 9.47 Å². The maximum atomic E-state index is 9.99. The lowest BCUT2D eigenvalue weighted by molar-refractivity contribution is -0.0726. The van der Waals surface area contributed by atoms with Crippen LogP contribution in [0.3, 0.4) is 0 Å². The first-order valence-corrected chi connectivity index (χ1v) is 9.55. The molecular formula is C19H36O5. The lowest BCUT2D eigenvalue weighted by Crippen LogP contribution is -2.41. The number of hydrogen-bond donors (Lipinski definition) is 3. The second kappa shape index (κ2) is 13.8. The van der Waals surface area contributed by atoms with Crippen LogP contribution in [0, 0.1) is 0 Å². The minimum absolute atomic E-state index is 0.255. The summed E-state index contributed by atoms with van der Waals surface area (Å²) in [5, 5.41) is 28.4. The van der Waals surface area contributed by atoms with E-state index >= 15 is 0 Å². The van der Waals surface area contributed by atoms with Gasteiger partial charge in [-0.25, -0.2) is 0 Å². The van der Waals surface area contributed by atoms with E-state index in [9.17, 15) is 10.2 Å². The Hall–Kier alpha value is -0.460. The zero-order valence-corrected chi connectivity index (χ0v) is 15.1. The molecule has 1 aliphatic rings. The summed E-state index contributed by atoms with van der Waals surface area (Å²) in [5.74, 6) is 0. The minimum atomic E-state index is -1.06. The second-order valence-electron chi connectivity index (χ2n) is 6.62. The van der Waals surface area contributed by atoms with Crippen molar-refractivity contribution in [2.24, 2.45) is 0 Å². The Morgan fingerprint density at radius 1 is 1.08 bits per heavy atom. The fraction of sp³-hybridized carbons (Fsp3) is 0.895. The van der Waals surface area contributed by atoms with Crippen LogP contribution in [0.25, 0.3) is 0 Å². The summed E-state index contributed by atoms with van der Waals surface area (Å²) in [5.41, 5.74) is 0. The molecule has 1 fully saturated rings. The number of ether oxygens (including phenoxy) is 2. The van der Waals surface area contributed by atoms with Crippen molar-refractivity contribution in [2.45, 2.75) is 89.1 Å². The predicted octanol–water partition coefficient (Wildman–Crippen LogP) is 2.57. The topological polar surface area (TPSA) is 79.2 Å². The molecule has 0 amide bonds. The molecule has 4 atom stereocenters. The van der Waals surface area contributed by atoms with Crippen molar-refractivity contribution < 1.29 is 24.8 Å². The van der Waals surface area contributed by atoms with Crippen LogP contribution in [0.5, 0.6) is 0 Å². The van der Waals surface area contributed by atoms with Crippen molar-refractivity contribution in [3.63, 3.8) is 0 Å². The van der Waals surface area contributed by atoms with E-state index < -0.39 is 31.0 Å². The molecule has 0 bridgehead atoms. The van der Waals surface area contributed by atoms with E-state index in [1.54, 1.807) is 0 Å². The summed E-state index contributed by atoms with van der Waals surface area (Å²) in [4.78, 5) is 0. The largest absolute Gasteiger partial charge is 0.394 e. The Bertz CT molecular complexity index is 321. The molecule has 3 N–H and O–H groups in total. The molecule has 24 heavy (non-hydrogen) atoms.